The number of nitrogens with zero attached hydrogens (tertiary/aromatic N) is 1. The Morgan fingerprint density at radius 3 is 1.50 bits per heavy atom. The standard InChI is InChI=1S/C65H102N4O12S/c1-33(2)46-42(66-52(68-58(77)64(19,20)21)48(46)56(75)80-50-38(60(7,8)9)25-36(26-39(50)61(10,11)12)31-79-55(74)35(5)6)29-43-47(34(3)4)49(53(67-43)69-59(78)65(22,23)24)57(76)81-51-40(62(13,14)15)27-37(28-41(51)63(16,17)18)32-82-44(54(72)73)30-45(70)71/h29,33-34,36-41,44,50-51,66H,5,25-28,30-32H2,1-4,6-24H3,(H,68,77)(H,70,71)(H,72,73)(H,67,69,78). The molecule has 82 heavy (non-hydrogen) atoms. The van der Waals surface area contributed by atoms with E-state index in [1.54, 1.807) is 54.5 Å². The summed E-state index contributed by atoms with van der Waals surface area (Å²) in [7, 11) is 0. The number of aromatic amines is 1. The summed E-state index contributed by atoms with van der Waals surface area (Å²) in [5.41, 5.74) is -0.870. The minimum absolute atomic E-state index is 0.00193. The van der Waals surface area contributed by atoms with Crippen molar-refractivity contribution in [2.45, 2.75) is 215 Å². The second-order valence-electron chi connectivity index (χ2n) is 30.6. The number of thioether (sulfide) groups is 1. The number of hydrogen-bond donors (Lipinski definition) is 5. The number of carboxylic acid groups (broad SMARTS) is 2. The van der Waals surface area contributed by atoms with E-state index in [-0.39, 0.29) is 99.4 Å². The van der Waals surface area contributed by atoms with Gasteiger partial charge in [-0.1, -0.05) is 159 Å². The number of anilines is 1. The van der Waals surface area contributed by atoms with Gasteiger partial charge in [-0.05, 0) is 101 Å². The number of amides is 2. The summed E-state index contributed by atoms with van der Waals surface area (Å²) < 4.78 is 19.5. The lowest BCUT2D eigenvalue weighted by molar-refractivity contribution is -0.164. The maximum Gasteiger partial charge on any atom is 0.342 e. The molecule has 1 aromatic heterocycles. The molecular formula is C65H102N4O12S. The molecular weight excluding hydrogens is 1060 g/mol. The van der Waals surface area contributed by atoms with Gasteiger partial charge in [-0.15, -0.1) is 11.8 Å². The Balaban J connectivity index is 1.97. The number of carbonyl (C=O) groups excluding carboxylic acids is 5. The second-order valence-corrected chi connectivity index (χ2v) is 31.9. The van der Waals surface area contributed by atoms with Gasteiger partial charge in [0.05, 0.1) is 18.7 Å². The molecule has 5 atom stereocenters. The van der Waals surface area contributed by atoms with Crippen molar-refractivity contribution in [1.29, 1.82) is 0 Å². The maximum absolute atomic E-state index is 15.5. The van der Waals surface area contributed by atoms with Crippen molar-refractivity contribution in [3.05, 3.63) is 45.8 Å². The molecule has 0 spiro atoms. The third-order valence-corrected chi connectivity index (χ3v) is 18.0. The summed E-state index contributed by atoms with van der Waals surface area (Å²) in [6.07, 6.45) is 2.52. The zero-order chi connectivity index (χ0) is 62.9. The Morgan fingerprint density at radius 2 is 1.11 bits per heavy atom. The van der Waals surface area contributed by atoms with Crippen LogP contribution in [0.1, 0.15) is 219 Å². The number of esters is 3. The first-order valence-corrected chi connectivity index (χ1v) is 30.5. The van der Waals surface area contributed by atoms with Crippen LogP contribution >= 0.6 is 11.8 Å². The van der Waals surface area contributed by atoms with E-state index in [1.807, 2.05) is 27.7 Å². The molecule has 2 amide bonds. The molecule has 5 unspecified atom stereocenters. The zero-order valence-corrected chi connectivity index (χ0v) is 54.7. The molecule has 0 aromatic carbocycles. The molecule has 0 radical (unpaired) electrons. The van der Waals surface area contributed by atoms with Gasteiger partial charge in [-0.25, -0.2) is 19.4 Å². The molecule has 460 valence electrons. The van der Waals surface area contributed by atoms with Gasteiger partial charge in [0.1, 0.15) is 40.2 Å². The van der Waals surface area contributed by atoms with Crippen molar-refractivity contribution in [2.75, 3.05) is 17.7 Å². The van der Waals surface area contributed by atoms with Crippen LogP contribution in [0.3, 0.4) is 0 Å². The van der Waals surface area contributed by atoms with Crippen LogP contribution in [0.15, 0.2) is 34.0 Å². The topological polar surface area (TPSA) is 240 Å². The molecule has 2 saturated carbocycles. The Kier molecular flexibility index (Phi) is 22.0. The van der Waals surface area contributed by atoms with Gasteiger partial charge in [-0.3, -0.25) is 19.2 Å². The summed E-state index contributed by atoms with van der Waals surface area (Å²) in [5.74, 6) is -5.68. The Hall–Kier alpha value is -5.19. The number of aromatic nitrogens is 1. The van der Waals surface area contributed by atoms with Gasteiger partial charge in [0.15, 0.2) is 0 Å². The minimum Gasteiger partial charge on any atom is -0.481 e. The summed E-state index contributed by atoms with van der Waals surface area (Å²) in [4.78, 5) is 104. The van der Waals surface area contributed by atoms with Crippen molar-refractivity contribution < 1.29 is 58.0 Å². The number of nitrogens with one attached hydrogen (secondary N) is 3. The van der Waals surface area contributed by atoms with Crippen molar-refractivity contribution in [3.63, 3.8) is 0 Å². The monoisotopic (exact) mass is 1160 g/mol. The van der Waals surface area contributed by atoms with E-state index in [4.69, 9.17) is 19.2 Å². The number of carbonyl (C=O) groups is 7. The summed E-state index contributed by atoms with van der Waals surface area (Å²) in [5, 5.41) is 24.3. The van der Waals surface area contributed by atoms with E-state index in [0.717, 1.165) is 11.8 Å². The smallest absolute Gasteiger partial charge is 0.342 e. The van der Waals surface area contributed by atoms with E-state index in [2.05, 4.69) is 105 Å². The Morgan fingerprint density at radius 1 is 0.671 bits per heavy atom. The lowest BCUT2D eigenvalue weighted by Gasteiger charge is -2.50. The number of aliphatic imine (C=N–C) groups is 1. The lowest BCUT2D eigenvalue weighted by atomic mass is 9.58. The molecule has 2 heterocycles. The van der Waals surface area contributed by atoms with Crippen LogP contribution in [0, 0.1) is 73.9 Å². The van der Waals surface area contributed by atoms with E-state index in [9.17, 15) is 34.2 Å². The highest BCUT2D eigenvalue weighted by molar-refractivity contribution is 8.00. The van der Waals surface area contributed by atoms with Crippen molar-refractivity contribution in [1.82, 2.24) is 10.3 Å². The molecule has 2 aliphatic carbocycles. The van der Waals surface area contributed by atoms with Crippen LogP contribution in [0.5, 0.6) is 0 Å². The van der Waals surface area contributed by atoms with Crippen LogP contribution in [-0.4, -0.2) is 92.5 Å². The SMILES string of the molecule is C=C(C)C(=O)OCC1CC(C(C)(C)C)C(OC(=O)c2c(NC(=O)C(C)(C)C)[nH]c(C=C3N=C(NC(=O)C(C)(C)C)C(C(=O)OC4C(C(C)(C)C)CC(CSC(CC(=O)O)C(=O)O)CC4C(C)(C)C)=C3C(C)C)c2C(C)C)C(C(C)(C)C)C1. The number of hydrogen-bond acceptors (Lipinski definition) is 12. The van der Waals surface area contributed by atoms with Crippen LogP contribution in [0.25, 0.3) is 6.08 Å². The highest BCUT2D eigenvalue weighted by Crippen LogP contribution is 2.53. The number of ether oxygens (including phenoxy) is 3. The lowest BCUT2D eigenvalue weighted by Crippen LogP contribution is -2.51. The minimum atomic E-state index is -1.18. The fourth-order valence-corrected chi connectivity index (χ4v) is 13.0. The van der Waals surface area contributed by atoms with Crippen molar-refractivity contribution in [3.8, 4) is 0 Å². The molecule has 0 bridgehead atoms. The first-order valence-electron chi connectivity index (χ1n) is 29.4. The van der Waals surface area contributed by atoms with Gasteiger partial charge in [0.2, 0.25) is 11.8 Å². The Bertz CT molecular complexity index is 2640. The van der Waals surface area contributed by atoms with Crippen LogP contribution in [0.2, 0.25) is 0 Å². The van der Waals surface area contributed by atoms with E-state index >= 15 is 9.59 Å². The molecule has 4 rings (SSSR count). The van der Waals surface area contributed by atoms with Gasteiger partial charge >= 0.3 is 29.8 Å². The first-order chi connectivity index (χ1) is 37.2. The van der Waals surface area contributed by atoms with Crippen molar-refractivity contribution in [2.24, 2.45) is 78.9 Å². The normalized spacial score (nSPS) is 24.0. The third kappa shape index (κ3) is 17.5. The molecule has 1 aromatic rings. The highest BCUT2D eigenvalue weighted by Gasteiger charge is 2.52. The summed E-state index contributed by atoms with van der Waals surface area (Å²) in [6.45, 7) is 49.3. The number of carboxylic acids is 2. The van der Waals surface area contributed by atoms with E-state index < -0.39 is 75.4 Å². The molecule has 16 nitrogen and oxygen atoms in total. The van der Waals surface area contributed by atoms with Gasteiger partial charge in [-0.2, -0.15) is 0 Å². The number of amidine groups is 1. The summed E-state index contributed by atoms with van der Waals surface area (Å²) in [6, 6.07) is 0. The highest BCUT2D eigenvalue weighted by atomic mass is 32.2. The van der Waals surface area contributed by atoms with Gasteiger partial charge in [0, 0.05) is 45.8 Å². The van der Waals surface area contributed by atoms with E-state index in [1.165, 1.54) is 0 Å². The van der Waals surface area contributed by atoms with Crippen LogP contribution in [-0.2, 0) is 43.0 Å². The largest absolute Gasteiger partial charge is 0.481 e. The number of H-pyrrole nitrogens is 1. The quantitative estimate of drug-likeness (QED) is 0.0555. The number of aliphatic carboxylic acids is 2. The molecule has 3 aliphatic rings. The maximum atomic E-state index is 15.5. The zero-order valence-electron chi connectivity index (χ0n) is 53.9. The number of rotatable bonds is 17. The molecule has 5 N–H and O–H groups in total. The molecule has 2 fully saturated rings. The van der Waals surface area contributed by atoms with Crippen LogP contribution in [0.4, 0.5) is 5.82 Å². The molecule has 1 aliphatic heterocycles. The molecule has 17 heteroatoms. The predicted molar refractivity (Wildman–Crippen MR) is 326 cm³/mol. The summed E-state index contributed by atoms with van der Waals surface area (Å²) >= 11 is 1.14. The van der Waals surface area contributed by atoms with Gasteiger partial charge in [0.25, 0.3) is 0 Å². The fourth-order valence-electron chi connectivity index (χ4n) is 11.8. The predicted octanol–water partition coefficient (Wildman–Crippen LogP) is 13.7. The number of allylic oxidation sites excluding steroid dienone is 1. The average Bonchev–Trinajstić information content (AvgIpc) is 3.52. The second kappa shape index (κ2) is 26.0. The van der Waals surface area contributed by atoms with Crippen molar-refractivity contribution >= 4 is 71.2 Å². The van der Waals surface area contributed by atoms with Gasteiger partial charge < -0.3 is 40.0 Å². The average molecular weight is 1160 g/mol. The third-order valence-electron chi connectivity index (χ3n) is 16.6. The Labute approximate surface area is 494 Å². The van der Waals surface area contributed by atoms with E-state index in [0.29, 0.717) is 59.5 Å². The molecule has 0 saturated heterocycles. The fraction of sp³-hybridized carbons (Fsp3) is 0.723. The first kappa shape index (κ1) is 69.3. The van der Waals surface area contributed by atoms with Crippen LogP contribution < -0.4 is 10.6 Å².